The fourth-order valence-corrected chi connectivity index (χ4v) is 2.04. The van der Waals surface area contributed by atoms with E-state index in [4.69, 9.17) is 0 Å². The number of benzene rings is 1. The molecular weight excluding hydrogens is 242 g/mol. The molecule has 0 fully saturated rings. The molecule has 0 spiro atoms. The summed E-state index contributed by atoms with van der Waals surface area (Å²) in [5.74, 6) is 0. The number of pyridine rings is 1. The molecule has 1 unspecified atom stereocenters. The number of rotatable bonds is 4. The van der Waals surface area contributed by atoms with Gasteiger partial charge in [-0.2, -0.15) is 0 Å². The van der Waals surface area contributed by atoms with Crippen molar-refractivity contribution in [2.75, 3.05) is 5.32 Å². The molecule has 0 bridgehead atoms. The largest absolute Gasteiger partial charge is 0.373 e. The molecule has 2 rings (SSSR count). The molecule has 1 N–H and O–H groups in total. The summed E-state index contributed by atoms with van der Waals surface area (Å²) in [5.41, 5.74) is 2.74. The van der Waals surface area contributed by atoms with Crippen LogP contribution in [0.2, 0.25) is 0 Å². The van der Waals surface area contributed by atoms with Crippen molar-refractivity contribution in [2.24, 2.45) is 0 Å². The lowest BCUT2D eigenvalue weighted by Crippen LogP contribution is -2.09. The summed E-state index contributed by atoms with van der Waals surface area (Å²) in [6.45, 7) is 4.00. The monoisotopic (exact) mass is 257 g/mol. The van der Waals surface area contributed by atoms with Gasteiger partial charge in [0.25, 0.3) is 0 Å². The molecule has 19 heavy (non-hydrogen) atoms. The zero-order chi connectivity index (χ0) is 13.8. The lowest BCUT2D eigenvalue weighted by atomic mass is 10.0. The first kappa shape index (κ1) is 13.0. The smallest absolute Gasteiger partial charge is 0.310 e. The summed E-state index contributed by atoms with van der Waals surface area (Å²) in [6, 6.07) is 9.57. The van der Waals surface area contributed by atoms with E-state index in [0.29, 0.717) is 5.69 Å². The summed E-state index contributed by atoms with van der Waals surface area (Å²) in [4.78, 5) is 14.3. The number of aryl methyl sites for hydroxylation is 1. The van der Waals surface area contributed by atoms with E-state index in [2.05, 4.69) is 10.3 Å². The molecule has 0 aliphatic carbocycles. The molecule has 0 saturated heterocycles. The van der Waals surface area contributed by atoms with Gasteiger partial charge in [-0.1, -0.05) is 24.3 Å². The van der Waals surface area contributed by atoms with Gasteiger partial charge in [-0.3, -0.25) is 15.1 Å². The molecule has 5 heteroatoms. The second-order valence-corrected chi connectivity index (χ2v) is 4.37. The van der Waals surface area contributed by atoms with Crippen molar-refractivity contribution >= 4 is 11.4 Å². The predicted octanol–water partition coefficient (Wildman–Crippen LogP) is 3.47. The van der Waals surface area contributed by atoms with Gasteiger partial charge < -0.3 is 5.32 Å². The fourth-order valence-electron chi connectivity index (χ4n) is 2.04. The van der Waals surface area contributed by atoms with Crippen LogP contribution >= 0.6 is 0 Å². The Labute approximate surface area is 111 Å². The third-order valence-electron chi connectivity index (χ3n) is 3.02. The lowest BCUT2D eigenvalue weighted by molar-refractivity contribution is -0.384. The Kier molecular flexibility index (Phi) is 3.75. The van der Waals surface area contributed by atoms with Crippen LogP contribution in [0.1, 0.15) is 24.1 Å². The zero-order valence-electron chi connectivity index (χ0n) is 10.8. The van der Waals surface area contributed by atoms with Gasteiger partial charge in [-0.25, -0.2) is 0 Å². The van der Waals surface area contributed by atoms with Gasteiger partial charge in [0.2, 0.25) is 0 Å². The van der Waals surface area contributed by atoms with Gasteiger partial charge in [0.1, 0.15) is 11.9 Å². The van der Waals surface area contributed by atoms with Crippen LogP contribution in [0.3, 0.4) is 0 Å². The first-order valence-corrected chi connectivity index (χ1v) is 6.00. The Morgan fingerprint density at radius 3 is 2.74 bits per heavy atom. The molecule has 0 saturated carbocycles. The molecule has 2 aromatic rings. The van der Waals surface area contributed by atoms with Crippen LogP contribution in [0.4, 0.5) is 11.4 Å². The van der Waals surface area contributed by atoms with E-state index in [-0.39, 0.29) is 11.7 Å². The number of anilines is 1. The number of nitrogens with one attached hydrogen (secondary N) is 1. The molecule has 1 heterocycles. The summed E-state index contributed by atoms with van der Waals surface area (Å²) in [5, 5.41) is 14.1. The minimum absolute atomic E-state index is 0.0112. The van der Waals surface area contributed by atoms with Crippen molar-refractivity contribution in [2.45, 2.75) is 19.9 Å². The normalized spacial score (nSPS) is 11.9. The number of hydrogen-bond donors (Lipinski definition) is 1. The van der Waals surface area contributed by atoms with Gasteiger partial charge >= 0.3 is 5.69 Å². The van der Waals surface area contributed by atoms with E-state index in [9.17, 15) is 10.1 Å². The van der Waals surface area contributed by atoms with Crippen LogP contribution in [0.5, 0.6) is 0 Å². The van der Waals surface area contributed by atoms with Gasteiger partial charge in [-0.05, 0) is 31.0 Å². The van der Waals surface area contributed by atoms with Crippen LogP contribution in [0, 0.1) is 17.0 Å². The number of nitrogens with zero attached hydrogens (tertiary/aromatic N) is 2. The first-order valence-electron chi connectivity index (χ1n) is 6.00. The molecule has 98 valence electrons. The Morgan fingerprint density at radius 1 is 1.32 bits per heavy atom. The Bertz CT molecular complexity index is 599. The van der Waals surface area contributed by atoms with Gasteiger partial charge in [0, 0.05) is 12.2 Å². The lowest BCUT2D eigenvalue weighted by Gasteiger charge is -2.17. The topological polar surface area (TPSA) is 68.1 Å². The summed E-state index contributed by atoms with van der Waals surface area (Å²) < 4.78 is 0. The molecular formula is C14H15N3O2. The molecule has 0 amide bonds. The molecule has 5 nitrogen and oxygen atoms in total. The number of nitro groups is 1. The van der Waals surface area contributed by atoms with Gasteiger partial charge in [0.15, 0.2) is 0 Å². The second kappa shape index (κ2) is 5.48. The Morgan fingerprint density at radius 2 is 2.05 bits per heavy atom. The Balaban J connectivity index is 2.27. The molecule has 0 radical (unpaired) electrons. The molecule has 0 aliphatic heterocycles. The number of aromatic nitrogens is 1. The third kappa shape index (κ3) is 2.88. The number of hydrogen-bond acceptors (Lipinski definition) is 4. The van der Waals surface area contributed by atoms with Crippen molar-refractivity contribution in [3.05, 3.63) is 64.0 Å². The average molecular weight is 257 g/mol. The zero-order valence-corrected chi connectivity index (χ0v) is 10.8. The van der Waals surface area contributed by atoms with Gasteiger partial charge in [-0.15, -0.1) is 0 Å². The molecule has 1 atom stereocenters. The van der Waals surface area contributed by atoms with E-state index in [1.54, 1.807) is 12.3 Å². The summed E-state index contributed by atoms with van der Waals surface area (Å²) in [7, 11) is 0. The minimum atomic E-state index is -0.431. The minimum Gasteiger partial charge on any atom is -0.373 e. The highest BCUT2D eigenvalue weighted by molar-refractivity contribution is 5.60. The van der Waals surface area contributed by atoms with Crippen LogP contribution in [-0.2, 0) is 0 Å². The average Bonchev–Trinajstić information content (AvgIpc) is 2.39. The molecule has 1 aromatic heterocycles. The van der Waals surface area contributed by atoms with E-state index in [0.717, 1.165) is 11.1 Å². The van der Waals surface area contributed by atoms with Crippen molar-refractivity contribution in [3.63, 3.8) is 0 Å². The predicted molar refractivity (Wildman–Crippen MR) is 74.1 cm³/mol. The van der Waals surface area contributed by atoms with Gasteiger partial charge in [0.05, 0.1) is 4.92 Å². The maximum Gasteiger partial charge on any atom is 0.310 e. The highest BCUT2D eigenvalue weighted by Gasteiger charge is 2.16. The van der Waals surface area contributed by atoms with Crippen molar-refractivity contribution in [1.29, 1.82) is 0 Å². The van der Waals surface area contributed by atoms with Crippen molar-refractivity contribution in [3.8, 4) is 0 Å². The van der Waals surface area contributed by atoms with E-state index in [1.807, 2.05) is 38.1 Å². The van der Waals surface area contributed by atoms with Crippen molar-refractivity contribution in [1.82, 2.24) is 4.98 Å². The quantitative estimate of drug-likeness (QED) is 0.672. The fraction of sp³-hybridized carbons (Fsp3) is 0.214. The van der Waals surface area contributed by atoms with E-state index in [1.165, 1.54) is 6.20 Å². The first-order chi connectivity index (χ1) is 9.09. The highest BCUT2D eigenvalue weighted by Crippen LogP contribution is 2.27. The standard InChI is InChI=1S/C14H15N3O2/c1-10-5-3-4-6-12(10)11(2)16-13-7-8-15-9-14(13)17(18)19/h3-9,11H,1-2H3,(H,15,16). The Hall–Kier alpha value is -2.43. The van der Waals surface area contributed by atoms with Crippen LogP contribution in [-0.4, -0.2) is 9.91 Å². The molecule has 1 aromatic carbocycles. The van der Waals surface area contributed by atoms with E-state index >= 15 is 0 Å². The van der Waals surface area contributed by atoms with Crippen LogP contribution < -0.4 is 5.32 Å². The third-order valence-corrected chi connectivity index (χ3v) is 3.02. The maximum absolute atomic E-state index is 10.9. The highest BCUT2D eigenvalue weighted by atomic mass is 16.6. The van der Waals surface area contributed by atoms with Crippen LogP contribution in [0.25, 0.3) is 0 Å². The second-order valence-electron chi connectivity index (χ2n) is 4.37. The molecule has 0 aliphatic rings. The SMILES string of the molecule is Cc1ccccc1C(C)Nc1ccncc1[N+](=O)[O-]. The summed E-state index contributed by atoms with van der Waals surface area (Å²) in [6.07, 6.45) is 2.80. The summed E-state index contributed by atoms with van der Waals surface area (Å²) >= 11 is 0. The van der Waals surface area contributed by atoms with E-state index < -0.39 is 4.92 Å². The van der Waals surface area contributed by atoms with Crippen molar-refractivity contribution < 1.29 is 4.92 Å². The van der Waals surface area contributed by atoms with Crippen LogP contribution in [0.15, 0.2) is 42.7 Å². The maximum atomic E-state index is 10.9.